The minimum absolute atomic E-state index is 0.0379. The number of thiophene rings is 1. The van der Waals surface area contributed by atoms with Crippen LogP contribution in [0, 0.1) is 5.82 Å². The SMILES string of the molecule is CCNC(c1ccc(Cl)c(F)c1)c1cccc2ccsc12. The fourth-order valence-electron chi connectivity index (χ4n) is 2.55. The molecule has 21 heavy (non-hydrogen) atoms. The van der Waals surface area contributed by atoms with Crippen molar-refractivity contribution in [3.63, 3.8) is 0 Å². The van der Waals surface area contributed by atoms with E-state index in [4.69, 9.17) is 11.6 Å². The fourth-order valence-corrected chi connectivity index (χ4v) is 3.61. The normalized spacial score (nSPS) is 12.7. The average Bonchev–Trinajstić information content (AvgIpc) is 2.96. The van der Waals surface area contributed by atoms with Crippen molar-refractivity contribution in [3.05, 3.63) is 69.8 Å². The predicted octanol–water partition coefficient (Wildman–Crippen LogP) is 5.39. The number of rotatable bonds is 4. The Morgan fingerprint density at radius 2 is 2.10 bits per heavy atom. The molecule has 0 fully saturated rings. The van der Waals surface area contributed by atoms with Crippen molar-refractivity contribution in [2.75, 3.05) is 6.54 Å². The van der Waals surface area contributed by atoms with E-state index in [1.807, 2.05) is 19.1 Å². The monoisotopic (exact) mass is 319 g/mol. The number of fused-ring (bicyclic) bond motifs is 1. The molecule has 3 rings (SSSR count). The molecule has 0 saturated carbocycles. The van der Waals surface area contributed by atoms with Gasteiger partial charge in [0.25, 0.3) is 0 Å². The molecule has 0 radical (unpaired) electrons. The zero-order chi connectivity index (χ0) is 14.8. The Balaban J connectivity index is 2.13. The van der Waals surface area contributed by atoms with Crippen LogP contribution in [0.1, 0.15) is 24.1 Å². The van der Waals surface area contributed by atoms with Gasteiger partial charge in [0.05, 0.1) is 11.1 Å². The summed E-state index contributed by atoms with van der Waals surface area (Å²) in [6, 6.07) is 13.3. The molecule has 1 unspecified atom stereocenters. The second kappa shape index (κ2) is 6.14. The van der Waals surface area contributed by atoms with Crippen LogP contribution in [0.3, 0.4) is 0 Å². The number of hydrogen-bond acceptors (Lipinski definition) is 2. The Bertz CT molecular complexity index is 768. The maximum Gasteiger partial charge on any atom is 0.142 e. The third-order valence-corrected chi connectivity index (χ3v) is 4.79. The van der Waals surface area contributed by atoms with Crippen molar-refractivity contribution < 1.29 is 4.39 Å². The average molecular weight is 320 g/mol. The summed E-state index contributed by atoms with van der Waals surface area (Å²) in [5.41, 5.74) is 2.06. The fraction of sp³-hybridized carbons (Fsp3) is 0.176. The summed E-state index contributed by atoms with van der Waals surface area (Å²) in [6.45, 7) is 2.85. The molecule has 1 heterocycles. The van der Waals surface area contributed by atoms with Crippen molar-refractivity contribution in [1.29, 1.82) is 0 Å². The van der Waals surface area contributed by atoms with Gasteiger partial charge in [-0.25, -0.2) is 4.39 Å². The molecular weight excluding hydrogens is 305 g/mol. The summed E-state index contributed by atoms with van der Waals surface area (Å²) in [4.78, 5) is 0. The Kier molecular flexibility index (Phi) is 4.24. The van der Waals surface area contributed by atoms with E-state index in [0.29, 0.717) is 0 Å². The van der Waals surface area contributed by atoms with E-state index in [1.165, 1.54) is 21.7 Å². The van der Waals surface area contributed by atoms with Gasteiger partial charge in [-0.3, -0.25) is 0 Å². The summed E-state index contributed by atoms with van der Waals surface area (Å²) >= 11 is 7.50. The van der Waals surface area contributed by atoms with Crippen LogP contribution in [0.4, 0.5) is 4.39 Å². The van der Waals surface area contributed by atoms with E-state index in [2.05, 4.69) is 28.9 Å². The van der Waals surface area contributed by atoms with Crippen LogP contribution in [0.5, 0.6) is 0 Å². The van der Waals surface area contributed by atoms with Crippen LogP contribution in [0.2, 0.25) is 5.02 Å². The Morgan fingerprint density at radius 1 is 1.24 bits per heavy atom. The van der Waals surface area contributed by atoms with Crippen LogP contribution in [0.15, 0.2) is 47.8 Å². The van der Waals surface area contributed by atoms with E-state index in [-0.39, 0.29) is 16.9 Å². The van der Waals surface area contributed by atoms with E-state index in [1.54, 1.807) is 17.4 Å². The smallest absolute Gasteiger partial charge is 0.142 e. The third-order valence-electron chi connectivity index (χ3n) is 3.51. The van der Waals surface area contributed by atoms with Gasteiger partial charge in [-0.1, -0.05) is 42.8 Å². The maximum atomic E-state index is 13.8. The van der Waals surface area contributed by atoms with Gasteiger partial charge in [0, 0.05) is 4.70 Å². The van der Waals surface area contributed by atoms with Crippen molar-refractivity contribution >= 4 is 33.0 Å². The van der Waals surface area contributed by atoms with Gasteiger partial charge in [0.1, 0.15) is 5.82 Å². The molecule has 0 amide bonds. The highest BCUT2D eigenvalue weighted by atomic mass is 35.5. The minimum Gasteiger partial charge on any atom is -0.306 e. The second-order valence-electron chi connectivity index (χ2n) is 4.85. The van der Waals surface area contributed by atoms with Crippen LogP contribution < -0.4 is 5.32 Å². The molecule has 0 aliphatic heterocycles. The predicted molar refractivity (Wildman–Crippen MR) is 88.8 cm³/mol. The largest absolute Gasteiger partial charge is 0.306 e. The molecule has 0 saturated heterocycles. The summed E-state index contributed by atoms with van der Waals surface area (Å²) < 4.78 is 15.0. The number of halogens is 2. The van der Waals surface area contributed by atoms with E-state index < -0.39 is 0 Å². The van der Waals surface area contributed by atoms with Gasteiger partial charge in [-0.15, -0.1) is 11.3 Å². The van der Waals surface area contributed by atoms with Crippen LogP contribution in [0.25, 0.3) is 10.1 Å². The summed E-state index contributed by atoms with van der Waals surface area (Å²) in [5.74, 6) is -0.379. The lowest BCUT2D eigenvalue weighted by molar-refractivity contribution is 0.605. The molecule has 0 spiro atoms. The number of benzene rings is 2. The lowest BCUT2D eigenvalue weighted by Crippen LogP contribution is -2.22. The summed E-state index contributed by atoms with van der Waals surface area (Å²) in [5, 5.41) is 6.90. The molecular formula is C17H15ClFNS. The Morgan fingerprint density at radius 3 is 2.86 bits per heavy atom. The first-order valence-corrected chi connectivity index (χ1v) is 8.11. The van der Waals surface area contributed by atoms with E-state index in [0.717, 1.165) is 12.1 Å². The van der Waals surface area contributed by atoms with Gasteiger partial charge in [0.2, 0.25) is 0 Å². The zero-order valence-corrected chi connectivity index (χ0v) is 13.1. The highest BCUT2D eigenvalue weighted by Gasteiger charge is 2.17. The summed E-state index contributed by atoms with van der Waals surface area (Å²) in [6.07, 6.45) is 0. The highest BCUT2D eigenvalue weighted by molar-refractivity contribution is 7.17. The molecule has 4 heteroatoms. The molecule has 108 valence electrons. The molecule has 2 aromatic carbocycles. The van der Waals surface area contributed by atoms with Crippen molar-refractivity contribution in [1.82, 2.24) is 5.32 Å². The van der Waals surface area contributed by atoms with Gasteiger partial charge in [-0.05, 0) is 46.6 Å². The molecule has 1 atom stereocenters. The minimum atomic E-state index is -0.379. The number of hydrogen-bond donors (Lipinski definition) is 1. The van der Waals surface area contributed by atoms with Gasteiger partial charge in [-0.2, -0.15) is 0 Å². The molecule has 1 nitrogen and oxygen atoms in total. The van der Waals surface area contributed by atoms with Gasteiger partial charge in [0.15, 0.2) is 0 Å². The highest BCUT2D eigenvalue weighted by Crippen LogP contribution is 2.33. The third kappa shape index (κ3) is 2.82. The van der Waals surface area contributed by atoms with Crippen LogP contribution in [-0.4, -0.2) is 6.54 Å². The van der Waals surface area contributed by atoms with E-state index in [9.17, 15) is 4.39 Å². The molecule has 0 bridgehead atoms. The van der Waals surface area contributed by atoms with Crippen molar-refractivity contribution in [2.24, 2.45) is 0 Å². The standard InChI is InChI=1S/C17H15ClFNS/c1-2-20-16(12-6-7-14(18)15(19)10-12)13-5-3-4-11-8-9-21-17(11)13/h3-10,16,20H,2H2,1H3. The van der Waals surface area contributed by atoms with Crippen molar-refractivity contribution in [2.45, 2.75) is 13.0 Å². The number of nitrogens with one attached hydrogen (secondary N) is 1. The molecule has 0 aliphatic rings. The zero-order valence-electron chi connectivity index (χ0n) is 11.6. The molecule has 0 aliphatic carbocycles. The van der Waals surface area contributed by atoms with Gasteiger partial charge < -0.3 is 5.32 Å². The maximum absolute atomic E-state index is 13.8. The first-order chi connectivity index (χ1) is 10.2. The van der Waals surface area contributed by atoms with Crippen LogP contribution >= 0.6 is 22.9 Å². The lowest BCUT2D eigenvalue weighted by atomic mass is 9.97. The topological polar surface area (TPSA) is 12.0 Å². The first-order valence-electron chi connectivity index (χ1n) is 6.85. The Labute approximate surface area is 132 Å². The van der Waals surface area contributed by atoms with Crippen molar-refractivity contribution in [3.8, 4) is 0 Å². The molecule has 3 aromatic rings. The Hall–Kier alpha value is -1.42. The molecule has 1 N–H and O–H groups in total. The van der Waals surface area contributed by atoms with Crippen LogP contribution in [-0.2, 0) is 0 Å². The second-order valence-corrected chi connectivity index (χ2v) is 6.17. The molecule has 1 aromatic heterocycles. The van der Waals surface area contributed by atoms with Gasteiger partial charge >= 0.3 is 0 Å². The first kappa shape index (κ1) is 14.5. The quantitative estimate of drug-likeness (QED) is 0.679. The lowest BCUT2D eigenvalue weighted by Gasteiger charge is -2.20. The van der Waals surface area contributed by atoms with E-state index >= 15 is 0 Å². The summed E-state index contributed by atoms with van der Waals surface area (Å²) in [7, 11) is 0.